The summed E-state index contributed by atoms with van der Waals surface area (Å²) in [6.07, 6.45) is 1.25. The zero-order valence-electron chi connectivity index (χ0n) is 9.50. The first-order valence-corrected chi connectivity index (χ1v) is 5.76. The summed E-state index contributed by atoms with van der Waals surface area (Å²) in [4.78, 5) is 11.2. The summed E-state index contributed by atoms with van der Waals surface area (Å²) >= 11 is 11.7. The van der Waals surface area contributed by atoms with Crippen LogP contribution in [0.1, 0.15) is 13.8 Å². The van der Waals surface area contributed by atoms with Gasteiger partial charge in [-0.05, 0) is 26.0 Å². The molecule has 0 spiro atoms. The molecular weight excluding hydrogens is 263 g/mol. The standard InChI is InChI=1S/C12H12Cl2O3/c1-3-16-12(15)6-8(2)17-11-7-9(13)4-5-10(11)14/h4-7H,3H2,1-2H3/b8-6-. The van der Waals surface area contributed by atoms with E-state index in [1.807, 2.05) is 0 Å². The first-order valence-electron chi connectivity index (χ1n) is 5.01. The predicted octanol–water partition coefficient (Wildman–Crippen LogP) is 3.84. The number of benzene rings is 1. The van der Waals surface area contributed by atoms with Crippen molar-refractivity contribution in [3.63, 3.8) is 0 Å². The molecule has 0 fully saturated rings. The molecule has 0 aliphatic carbocycles. The molecule has 5 heteroatoms. The van der Waals surface area contributed by atoms with E-state index in [9.17, 15) is 4.79 Å². The molecule has 0 bridgehead atoms. The van der Waals surface area contributed by atoms with Gasteiger partial charge >= 0.3 is 5.97 Å². The number of allylic oxidation sites excluding steroid dienone is 1. The summed E-state index contributed by atoms with van der Waals surface area (Å²) in [6, 6.07) is 4.85. The van der Waals surface area contributed by atoms with E-state index in [1.165, 1.54) is 6.08 Å². The molecule has 0 amide bonds. The second kappa shape index (κ2) is 6.52. The molecule has 1 aromatic carbocycles. The van der Waals surface area contributed by atoms with Gasteiger partial charge in [-0.3, -0.25) is 0 Å². The summed E-state index contributed by atoms with van der Waals surface area (Å²) in [5.41, 5.74) is 0. The summed E-state index contributed by atoms with van der Waals surface area (Å²) in [5.74, 6) is 0.327. The third kappa shape index (κ3) is 4.67. The summed E-state index contributed by atoms with van der Waals surface area (Å²) in [7, 11) is 0. The number of carbonyl (C=O) groups excluding carboxylic acids is 1. The van der Waals surface area contributed by atoms with Gasteiger partial charge in [0.2, 0.25) is 0 Å². The van der Waals surface area contributed by atoms with E-state index in [0.29, 0.717) is 28.2 Å². The molecule has 92 valence electrons. The second-order valence-electron chi connectivity index (χ2n) is 3.18. The van der Waals surface area contributed by atoms with Crippen LogP contribution in [0.3, 0.4) is 0 Å². The Hall–Kier alpha value is -1.19. The number of hydrogen-bond acceptors (Lipinski definition) is 3. The fourth-order valence-electron chi connectivity index (χ4n) is 1.11. The zero-order valence-corrected chi connectivity index (χ0v) is 11.0. The van der Waals surface area contributed by atoms with Crippen molar-refractivity contribution in [3.05, 3.63) is 40.1 Å². The molecule has 0 saturated heterocycles. The smallest absolute Gasteiger partial charge is 0.334 e. The maximum absolute atomic E-state index is 11.2. The minimum atomic E-state index is -0.455. The number of carbonyl (C=O) groups is 1. The lowest BCUT2D eigenvalue weighted by molar-refractivity contribution is -0.137. The molecular formula is C12H12Cl2O3. The molecule has 1 aromatic rings. The minimum absolute atomic E-state index is 0.320. The van der Waals surface area contributed by atoms with Gasteiger partial charge in [0.1, 0.15) is 11.5 Å². The number of rotatable bonds is 4. The third-order valence-electron chi connectivity index (χ3n) is 1.77. The lowest BCUT2D eigenvalue weighted by Gasteiger charge is -2.07. The van der Waals surface area contributed by atoms with Crippen molar-refractivity contribution in [1.82, 2.24) is 0 Å². The van der Waals surface area contributed by atoms with Gasteiger partial charge in [-0.2, -0.15) is 0 Å². The molecule has 0 aliphatic heterocycles. The molecule has 0 N–H and O–H groups in total. The van der Waals surface area contributed by atoms with Crippen molar-refractivity contribution < 1.29 is 14.3 Å². The Morgan fingerprint density at radius 3 is 2.76 bits per heavy atom. The number of ether oxygens (including phenoxy) is 2. The number of halogens is 2. The Labute approximate surface area is 110 Å². The Bertz CT molecular complexity index is 441. The lowest BCUT2D eigenvalue weighted by Crippen LogP contribution is -2.02. The molecule has 0 atom stereocenters. The molecule has 0 aromatic heterocycles. The maximum atomic E-state index is 11.2. The van der Waals surface area contributed by atoms with E-state index < -0.39 is 5.97 Å². The van der Waals surface area contributed by atoms with E-state index in [-0.39, 0.29) is 0 Å². The molecule has 17 heavy (non-hydrogen) atoms. The number of hydrogen-bond donors (Lipinski definition) is 0. The highest BCUT2D eigenvalue weighted by atomic mass is 35.5. The molecule has 1 rings (SSSR count). The first kappa shape index (κ1) is 13.9. The molecule has 3 nitrogen and oxygen atoms in total. The molecule has 0 unspecified atom stereocenters. The van der Waals surface area contributed by atoms with Crippen molar-refractivity contribution in [2.24, 2.45) is 0 Å². The van der Waals surface area contributed by atoms with Crippen molar-refractivity contribution in [2.75, 3.05) is 6.61 Å². The quantitative estimate of drug-likeness (QED) is 0.476. The van der Waals surface area contributed by atoms with E-state index in [2.05, 4.69) is 0 Å². The highest BCUT2D eigenvalue weighted by Gasteiger charge is 2.05. The molecule has 0 radical (unpaired) electrons. The van der Waals surface area contributed by atoms with Gasteiger partial charge in [0.15, 0.2) is 0 Å². The van der Waals surface area contributed by atoms with Gasteiger partial charge < -0.3 is 9.47 Å². The lowest BCUT2D eigenvalue weighted by atomic mass is 10.3. The largest absolute Gasteiger partial charge is 0.463 e. The van der Waals surface area contributed by atoms with Gasteiger partial charge in [-0.1, -0.05) is 23.2 Å². The molecule has 0 aliphatic rings. The Balaban J connectivity index is 2.77. The Morgan fingerprint density at radius 1 is 1.41 bits per heavy atom. The van der Waals surface area contributed by atoms with Crippen LogP contribution in [0, 0.1) is 0 Å². The van der Waals surface area contributed by atoms with Crippen LogP contribution in [-0.2, 0) is 9.53 Å². The van der Waals surface area contributed by atoms with Gasteiger partial charge in [0.05, 0.1) is 17.7 Å². The summed E-state index contributed by atoms with van der Waals surface area (Å²) < 4.78 is 10.1. The fourth-order valence-corrected chi connectivity index (χ4v) is 1.43. The van der Waals surface area contributed by atoms with E-state index in [1.54, 1.807) is 32.0 Å². The number of esters is 1. The Kier molecular flexibility index (Phi) is 5.32. The van der Waals surface area contributed by atoms with Gasteiger partial charge in [0, 0.05) is 11.1 Å². The highest BCUT2D eigenvalue weighted by Crippen LogP contribution is 2.28. The van der Waals surface area contributed by atoms with Crippen LogP contribution in [0.15, 0.2) is 30.0 Å². The average Bonchev–Trinajstić information content (AvgIpc) is 2.23. The van der Waals surface area contributed by atoms with E-state index >= 15 is 0 Å². The maximum Gasteiger partial charge on any atom is 0.334 e. The fraction of sp³-hybridized carbons (Fsp3) is 0.250. The third-order valence-corrected chi connectivity index (χ3v) is 2.32. The SMILES string of the molecule is CCOC(=O)/C=C(/C)Oc1cc(Cl)ccc1Cl. The topological polar surface area (TPSA) is 35.5 Å². The minimum Gasteiger partial charge on any atom is -0.463 e. The van der Waals surface area contributed by atoms with Crippen LogP contribution in [0.2, 0.25) is 10.0 Å². The second-order valence-corrected chi connectivity index (χ2v) is 4.03. The van der Waals surface area contributed by atoms with Gasteiger partial charge in [0.25, 0.3) is 0 Å². The first-order chi connectivity index (χ1) is 8.02. The normalized spacial score (nSPS) is 11.2. The average molecular weight is 275 g/mol. The molecule has 0 saturated carbocycles. The summed E-state index contributed by atoms with van der Waals surface area (Å²) in [6.45, 7) is 3.68. The predicted molar refractivity (Wildman–Crippen MR) is 67.5 cm³/mol. The highest BCUT2D eigenvalue weighted by molar-refractivity contribution is 6.34. The van der Waals surface area contributed by atoms with Crippen molar-refractivity contribution in [1.29, 1.82) is 0 Å². The van der Waals surface area contributed by atoms with Crippen molar-refractivity contribution in [2.45, 2.75) is 13.8 Å². The monoisotopic (exact) mass is 274 g/mol. The van der Waals surface area contributed by atoms with Crippen LogP contribution in [0.25, 0.3) is 0 Å². The molecule has 0 heterocycles. The van der Waals surface area contributed by atoms with Crippen LogP contribution in [-0.4, -0.2) is 12.6 Å². The van der Waals surface area contributed by atoms with Crippen molar-refractivity contribution >= 4 is 29.2 Å². The van der Waals surface area contributed by atoms with Crippen LogP contribution in [0.4, 0.5) is 0 Å². The van der Waals surface area contributed by atoms with Crippen LogP contribution < -0.4 is 4.74 Å². The van der Waals surface area contributed by atoms with Crippen LogP contribution >= 0.6 is 23.2 Å². The summed E-state index contributed by atoms with van der Waals surface area (Å²) in [5, 5.41) is 0.930. The van der Waals surface area contributed by atoms with E-state index in [0.717, 1.165) is 0 Å². The van der Waals surface area contributed by atoms with Gasteiger partial charge in [-0.15, -0.1) is 0 Å². The van der Waals surface area contributed by atoms with Crippen LogP contribution in [0.5, 0.6) is 5.75 Å². The van der Waals surface area contributed by atoms with Gasteiger partial charge in [-0.25, -0.2) is 4.79 Å². The van der Waals surface area contributed by atoms with E-state index in [4.69, 9.17) is 32.7 Å². The Morgan fingerprint density at radius 2 is 2.12 bits per heavy atom. The van der Waals surface area contributed by atoms with Crippen molar-refractivity contribution in [3.8, 4) is 5.75 Å². The zero-order chi connectivity index (χ0) is 12.8.